The van der Waals surface area contributed by atoms with E-state index in [-0.39, 0.29) is 0 Å². The highest BCUT2D eigenvalue weighted by molar-refractivity contribution is 7.80. The Kier molecular flexibility index (Phi) is 5.41. The maximum absolute atomic E-state index is 5.51. The van der Waals surface area contributed by atoms with E-state index >= 15 is 0 Å². The molecule has 2 N–H and O–H groups in total. The molecule has 14 heavy (non-hydrogen) atoms. The van der Waals surface area contributed by atoms with E-state index in [9.17, 15) is 0 Å². The summed E-state index contributed by atoms with van der Waals surface area (Å²) in [5, 5.41) is 0. The summed E-state index contributed by atoms with van der Waals surface area (Å²) in [6, 6.07) is 0. The summed E-state index contributed by atoms with van der Waals surface area (Å²) < 4.78 is 0. The molecule has 0 heterocycles. The number of thiocarbonyl (C=S) groups is 1. The lowest BCUT2D eigenvalue weighted by atomic mass is 10.1. The molecule has 0 aliphatic heterocycles. The fraction of sp³-hybridized carbons (Fsp3) is 0.909. The van der Waals surface area contributed by atoms with Crippen LogP contribution in [0.5, 0.6) is 0 Å². The van der Waals surface area contributed by atoms with E-state index in [2.05, 4.69) is 11.8 Å². The zero-order valence-electron chi connectivity index (χ0n) is 9.17. The Hall–Kier alpha value is -0.150. The van der Waals surface area contributed by atoms with Crippen LogP contribution in [0, 0.1) is 5.92 Å². The first-order chi connectivity index (χ1) is 6.72. The second-order valence-corrected chi connectivity index (χ2v) is 4.78. The molecule has 1 aliphatic rings. The molecule has 0 aromatic rings. The molecule has 0 saturated heterocycles. The van der Waals surface area contributed by atoms with Crippen molar-refractivity contribution in [2.45, 2.75) is 39.0 Å². The van der Waals surface area contributed by atoms with Crippen molar-refractivity contribution in [3.63, 3.8) is 0 Å². The monoisotopic (exact) mass is 214 g/mol. The lowest BCUT2D eigenvalue weighted by Crippen LogP contribution is -2.31. The second kappa shape index (κ2) is 6.36. The highest BCUT2D eigenvalue weighted by atomic mass is 32.1. The van der Waals surface area contributed by atoms with Crippen LogP contribution in [0.4, 0.5) is 0 Å². The summed E-state index contributed by atoms with van der Waals surface area (Å²) in [4.78, 5) is 3.13. The normalized spacial score (nSPS) is 17.9. The predicted octanol–water partition coefficient (Wildman–Crippen LogP) is 2.17. The number of hydrogen-bond donors (Lipinski definition) is 1. The molecule has 0 spiro atoms. The molecule has 1 fully saturated rings. The summed E-state index contributed by atoms with van der Waals surface area (Å²) >= 11 is 4.90. The second-order valence-electron chi connectivity index (χ2n) is 4.26. The van der Waals surface area contributed by atoms with Crippen LogP contribution in [0.1, 0.15) is 39.0 Å². The Bertz CT molecular complexity index is 176. The van der Waals surface area contributed by atoms with Crippen molar-refractivity contribution < 1.29 is 0 Å². The Labute approximate surface area is 92.8 Å². The molecule has 0 aromatic heterocycles. The molecular weight excluding hydrogens is 192 g/mol. The van der Waals surface area contributed by atoms with Crippen LogP contribution in [0.2, 0.25) is 0 Å². The predicted molar refractivity (Wildman–Crippen MR) is 65.5 cm³/mol. The van der Waals surface area contributed by atoms with Gasteiger partial charge in [-0.1, -0.05) is 32.0 Å². The van der Waals surface area contributed by atoms with Crippen molar-refractivity contribution in [1.29, 1.82) is 0 Å². The average Bonchev–Trinajstić information content (AvgIpc) is 2.64. The summed E-state index contributed by atoms with van der Waals surface area (Å²) in [6.07, 6.45) is 6.57. The van der Waals surface area contributed by atoms with Gasteiger partial charge in [-0.3, -0.25) is 0 Å². The van der Waals surface area contributed by atoms with Crippen molar-refractivity contribution in [3.8, 4) is 0 Å². The van der Waals surface area contributed by atoms with Crippen LogP contribution in [0.3, 0.4) is 0 Å². The van der Waals surface area contributed by atoms with Crippen LogP contribution in [0.25, 0.3) is 0 Å². The number of hydrogen-bond acceptors (Lipinski definition) is 2. The zero-order valence-corrected chi connectivity index (χ0v) is 9.98. The van der Waals surface area contributed by atoms with E-state index in [0.29, 0.717) is 4.99 Å². The third-order valence-electron chi connectivity index (χ3n) is 3.11. The number of nitrogens with zero attached hydrogens (tertiary/aromatic N) is 1. The molecule has 3 heteroatoms. The first-order valence-corrected chi connectivity index (χ1v) is 6.14. The lowest BCUT2D eigenvalue weighted by Gasteiger charge is -2.23. The molecular formula is C11H22N2S. The van der Waals surface area contributed by atoms with Crippen LogP contribution < -0.4 is 5.73 Å². The summed E-state index contributed by atoms with van der Waals surface area (Å²) in [5.74, 6) is 0.932. The molecule has 1 saturated carbocycles. The first-order valence-electron chi connectivity index (χ1n) is 5.73. The molecule has 1 aliphatic carbocycles. The van der Waals surface area contributed by atoms with Gasteiger partial charge >= 0.3 is 0 Å². The molecule has 0 aromatic carbocycles. The summed E-state index contributed by atoms with van der Waals surface area (Å²) in [5.41, 5.74) is 5.51. The lowest BCUT2D eigenvalue weighted by molar-refractivity contribution is 0.249. The molecule has 0 amide bonds. The van der Waals surface area contributed by atoms with Crippen molar-refractivity contribution in [2.75, 3.05) is 19.6 Å². The van der Waals surface area contributed by atoms with Gasteiger partial charge < -0.3 is 10.6 Å². The van der Waals surface area contributed by atoms with Gasteiger partial charge in [0.15, 0.2) is 0 Å². The molecule has 1 rings (SSSR count). The van der Waals surface area contributed by atoms with Crippen molar-refractivity contribution in [1.82, 2.24) is 4.90 Å². The summed E-state index contributed by atoms with van der Waals surface area (Å²) in [6.45, 7) is 5.63. The Morgan fingerprint density at radius 1 is 1.43 bits per heavy atom. The smallest absolute Gasteiger partial charge is 0.0740 e. The fourth-order valence-corrected chi connectivity index (χ4v) is 2.30. The maximum atomic E-state index is 5.51. The van der Waals surface area contributed by atoms with Gasteiger partial charge in [0.05, 0.1) is 4.99 Å². The van der Waals surface area contributed by atoms with Crippen LogP contribution in [-0.4, -0.2) is 29.5 Å². The van der Waals surface area contributed by atoms with Crippen molar-refractivity contribution >= 4 is 17.2 Å². The standard InChI is InChI=1S/C11H22N2S/c1-2-13(8-7-11(12)14)9-10-5-3-4-6-10/h10H,2-9H2,1H3,(H2,12,14). The van der Waals surface area contributed by atoms with Gasteiger partial charge in [-0.25, -0.2) is 0 Å². The number of nitrogens with two attached hydrogens (primary N) is 1. The van der Waals surface area contributed by atoms with E-state index in [1.165, 1.54) is 32.2 Å². The minimum atomic E-state index is 0.648. The van der Waals surface area contributed by atoms with Crippen LogP contribution in [-0.2, 0) is 0 Å². The molecule has 0 unspecified atom stereocenters. The van der Waals surface area contributed by atoms with Gasteiger partial charge in [0, 0.05) is 19.5 Å². The van der Waals surface area contributed by atoms with E-state index < -0.39 is 0 Å². The SMILES string of the molecule is CCN(CCC(N)=S)CC1CCCC1. The average molecular weight is 214 g/mol. The van der Waals surface area contributed by atoms with Gasteiger partial charge in [-0.05, 0) is 25.3 Å². The minimum Gasteiger partial charge on any atom is -0.393 e. The minimum absolute atomic E-state index is 0.648. The molecule has 0 bridgehead atoms. The van der Waals surface area contributed by atoms with Gasteiger partial charge in [0.1, 0.15) is 0 Å². The molecule has 2 nitrogen and oxygen atoms in total. The van der Waals surface area contributed by atoms with Crippen molar-refractivity contribution in [2.24, 2.45) is 11.7 Å². The van der Waals surface area contributed by atoms with Crippen LogP contribution >= 0.6 is 12.2 Å². The van der Waals surface area contributed by atoms with E-state index in [0.717, 1.165) is 25.4 Å². The van der Waals surface area contributed by atoms with E-state index in [1.807, 2.05) is 0 Å². The third-order valence-corrected chi connectivity index (χ3v) is 3.32. The fourth-order valence-electron chi connectivity index (χ4n) is 2.20. The van der Waals surface area contributed by atoms with E-state index in [4.69, 9.17) is 18.0 Å². The largest absolute Gasteiger partial charge is 0.393 e. The topological polar surface area (TPSA) is 29.3 Å². The van der Waals surface area contributed by atoms with Gasteiger partial charge in [0.2, 0.25) is 0 Å². The molecule has 82 valence electrons. The van der Waals surface area contributed by atoms with Crippen LogP contribution in [0.15, 0.2) is 0 Å². The highest BCUT2D eigenvalue weighted by Crippen LogP contribution is 2.25. The molecule has 0 radical (unpaired) electrons. The van der Waals surface area contributed by atoms with Gasteiger partial charge in [-0.2, -0.15) is 0 Å². The first kappa shape index (κ1) is 11.9. The summed E-state index contributed by atoms with van der Waals surface area (Å²) in [7, 11) is 0. The Morgan fingerprint density at radius 2 is 2.07 bits per heavy atom. The Balaban J connectivity index is 2.19. The quantitative estimate of drug-likeness (QED) is 0.687. The maximum Gasteiger partial charge on any atom is 0.0740 e. The van der Waals surface area contributed by atoms with Crippen molar-refractivity contribution in [3.05, 3.63) is 0 Å². The zero-order chi connectivity index (χ0) is 10.4. The highest BCUT2D eigenvalue weighted by Gasteiger charge is 2.17. The van der Waals surface area contributed by atoms with Gasteiger partial charge in [0.25, 0.3) is 0 Å². The third kappa shape index (κ3) is 4.38. The number of rotatable bonds is 6. The van der Waals surface area contributed by atoms with E-state index in [1.54, 1.807) is 0 Å². The van der Waals surface area contributed by atoms with Gasteiger partial charge in [-0.15, -0.1) is 0 Å². The molecule has 0 atom stereocenters. The Morgan fingerprint density at radius 3 is 2.57 bits per heavy atom.